The molecule has 2 unspecified atom stereocenters. The molecule has 1 fully saturated rings. The van der Waals surface area contributed by atoms with E-state index in [0.29, 0.717) is 5.56 Å². The van der Waals surface area contributed by atoms with Gasteiger partial charge < -0.3 is 19.5 Å². The van der Waals surface area contributed by atoms with Crippen molar-refractivity contribution < 1.29 is 33.4 Å². The summed E-state index contributed by atoms with van der Waals surface area (Å²) >= 11 is 0. The summed E-state index contributed by atoms with van der Waals surface area (Å²) in [5.74, 6) is 4.52. The summed E-state index contributed by atoms with van der Waals surface area (Å²) in [7, 11) is -2.96. The fourth-order valence-electron chi connectivity index (χ4n) is 3.11. The van der Waals surface area contributed by atoms with E-state index in [1.54, 1.807) is 0 Å². The highest BCUT2D eigenvalue weighted by atomic mass is 31.2. The third kappa shape index (κ3) is 6.64. The molecule has 0 aromatic carbocycles. The topological polar surface area (TPSA) is 192 Å². The van der Waals surface area contributed by atoms with Crippen molar-refractivity contribution in [2.24, 2.45) is 11.8 Å². The van der Waals surface area contributed by atoms with Crippen molar-refractivity contribution in [1.29, 1.82) is 0 Å². The quantitative estimate of drug-likeness (QED) is 0.138. The van der Waals surface area contributed by atoms with E-state index < -0.39 is 56.4 Å². The molecule has 5 atom stereocenters. The molecule has 2 rings (SSSR count). The van der Waals surface area contributed by atoms with Crippen molar-refractivity contribution in [1.82, 2.24) is 14.6 Å². The number of nitrogens with one attached hydrogen (secondary N) is 2. The third-order valence-corrected chi connectivity index (χ3v) is 6.11. The largest absolute Gasteiger partial charge is 0.615 e. The van der Waals surface area contributed by atoms with E-state index >= 15 is 0 Å². The summed E-state index contributed by atoms with van der Waals surface area (Å²) < 4.78 is 21.2. The number of hydrogen-bond acceptors (Lipinski definition) is 11. The molecule has 2 heterocycles. The van der Waals surface area contributed by atoms with Crippen LogP contribution in [0.5, 0.6) is 0 Å². The number of aliphatic hydroxyl groups excluding tert-OH is 1. The van der Waals surface area contributed by atoms with E-state index in [1.165, 1.54) is 20.2 Å². The Kier molecular flexibility index (Phi) is 8.86. The number of ether oxygens (including phenoxy) is 2. The minimum absolute atomic E-state index is 0.0266. The maximum atomic E-state index is 12.8. The van der Waals surface area contributed by atoms with Gasteiger partial charge in [0.15, 0.2) is 7.11 Å². The predicted molar refractivity (Wildman–Crippen MR) is 107 cm³/mol. The predicted octanol–water partition coefficient (Wildman–Crippen LogP) is -1.38. The Morgan fingerprint density at radius 2 is 2.23 bits per heavy atom. The second-order valence-corrected chi connectivity index (χ2v) is 9.37. The van der Waals surface area contributed by atoms with Gasteiger partial charge in [0.2, 0.25) is 6.04 Å². The standard InChI is InChI=1S/C17H29N4O9P/c1-9(2)5-11(16(24)27-4)20-31(26,30-18)28-8-13-12(22)6-14(29-13)21-7-10(3)15(23)19-17(21)25/h7,9,11-14,22H,5-6,8,18H2,1-4H3,(H,20,26)(H,19,23,25)/q+1/t11?,12-,13+,14+,31?/m0/s1. The number of aliphatic hydroxyl groups is 1. The third-order valence-electron chi connectivity index (χ3n) is 4.71. The highest BCUT2D eigenvalue weighted by molar-refractivity contribution is 7.57. The number of nitrogens with two attached hydrogens (primary N) is 1. The van der Waals surface area contributed by atoms with Gasteiger partial charge in [-0.05, 0) is 19.3 Å². The zero-order valence-corrected chi connectivity index (χ0v) is 18.7. The van der Waals surface area contributed by atoms with Crippen LogP contribution in [0.25, 0.3) is 0 Å². The fraction of sp³-hybridized carbons (Fsp3) is 0.706. The van der Waals surface area contributed by atoms with E-state index in [1.807, 2.05) is 13.8 Å². The zero-order chi connectivity index (χ0) is 23.3. The Hall–Kier alpha value is -1.70. The lowest BCUT2D eigenvalue weighted by atomic mass is 10.1. The number of rotatable bonds is 10. The number of carbonyl (C=O) groups is 1. The summed E-state index contributed by atoms with van der Waals surface area (Å²) in [5, 5.41) is 12.7. The van der Waals surface area contributed by atoms with E-state index in [4.69, 9.17) is 19.9 Å². The molecule has 0 bridgehead atoms. The first-order chi connectivity index (χ1) is 14.5. The molecule has 175 valence electrons. The molecular weight excluding hydrogens is 435 g/mol. The molecule has 0 spiro atoms. The Balaban J connectivity index is 2.06. The highest BCUT2D eigenvalue weighted by Gasteiger charge is 2.45. The maximum absolute atomic E-state index is 12.8. The van der Waals surface area contributed by atoms with Crippen LogP contribution in [0.3, 0.4) is 0 Å². The van der Waals surface area contributed by atoms with Crippen LogP contribution in [0.4, 0.5) is 0 Å². The summed E-state index contributed by atoms with van der Waals surface area (Å²) in [5.41, 5.74) is -0.920. The van der Waals surface area contributed by atoms with Gasteiger partial charge in [0.1, 0.15) is 18.9 Å². The average molecular weight is 464 g/mol. The molecule has 1 radical (unpaired) electrons. The molecule has 0 saturated carbocycles. The molecule has 1 aromatic rings. The summed E-state index contributed by atoms with van der Waals surface area (Å²) in [6.07, 6.45) is -1.29. The van der Waals surface area contributed by atoms with Crippen LogP contribution >= 0.6 is 8.09 Å². The fourth-order valence-corrected chi connectivity index (χ4v) is 4.24. The molecule has 31 heavy (non-hydrogen) atoms. The van der Waals surface area contributed by atoms with Gasteiger partial charge >= 0.3 is 19.8 Å². The van der Waals surface area contributed by atoms with Crippen molar-refractivity contribution in [2.75, 3.05) is 13.7 Å². The van der Waals surface area contributed by atoms with Crippen molar-refractivity contribution in [3.63, 3.8) is 0 Å². The van der Waals surface area contributed by atoms with Gasteiger partial charge in [0.05, 0.1) is 10.9 Å². The van der Waals surface area contributed by atoms with Crippen molar-refractivity contribution in [3.05, 3.63) is 32.6 Å². The average Bonchev–Trinajstić information content (AvgIpc) is 3.08. The lowest BCUT2D eigenvalue weighted by Crippen LogP contribution is -2.44. The number of esters is 1. The first kappa shape index (κ1) is 25.6. The number of aryl methyl sites for hydroxylation is 1. The number of aromatic nitrogens is 2. The lowest BCUT2D eigenvalue weighted by Gasteiger charge is -2.28. The Morgan fingerprint density at radius 3 is 2.81 bits per heavy atom. The highest BCUT2D eigenvalue weighted by Crippen LogP contribution is 2.48. The van der Waals surface area contributed by atoms with Crippen LogP contribution in [0.15, 0.2) is 15.8 Å². The van der Waals surface area contributed by atoms with Gasteiger partial charge in [-0.3, -0.25) is 14.3 Å². The Bertz CT molecular complexity index is 876. The number of methoxy groups -OCH3 is 1. The van der Waals surface area contributed by atoms with Crippen LogP contribution in [-0.4, -0.2) is 52.6 Å². The number of hydrogen-bond donors (Lipinski definition) is 4. The molecule has 1 saturated heterocycles. The van der Waals surface area contributed by atoms with Crippen LogP contribution < -0.4 is 27.1 Å². The molecule has 13 nitrogen and oxygen atoms in total. The Labute approximate surface area is 179 Å². The molecular formula is C17H29N4O9P+. The lowest BCUT2D eigenvalue weighted by molar-refractivity contribution is -0.228. The summed E-state index contributed by atoms with van der Waals surface area (Å²) in [6, 6.07) is -0.996. The normalized spacial score (nSPS) is 24.2. The molecule has 14 heteroatoms. The molecule has 0 aliphatic carbocycles. The number of aromatic amines is 1. The van der Waals surface area contributed by atoms with E-state index in [9.17, 15) is 24.4 Å². The number of nitrogens with zero attached hydrogens (tertiary/aromatic N) is 1. The van der Waals surface area contributed by atoms with Gasteiger partial charge in [-0.1, -0.05) is 13.8 Å². The van der Waals surface area contributed by atoms with Gasteiger partial charge in [-0.2, -0.15) is 10.4 Å². The second-order valence-electron chi connectivity index (χ2n) is 7.64. The van der Waals surface area contributed by atoms with Gasteiger partial charge in [-0.15, -0.1) is 9.71 Å². The van der Waals surface area contributed by atoms with E-state index in [2.05, 4.69) is 14.7 Å². The monoisotopic (exact) mass is 464 g/mol. The maximum Gasteiger partial charge on any atom is 0.594 e. The molecule has 1 aliphatic heterocycles. The van der Waals surface area contributed by atoms with Crippen molar-refractivity contribution in [3.8, 4) is 0 Å². The summed E-state index contributed by atoms with van der Waals surface area (Å²) in [6.45, 7) is 4.83. The first-order valence-corrected chi connectivity index (χ1v) is 11.2. The first-order valence-electron chi connectivity index (χ1n) is 9.64. The molecule has 1 aromatic heterocycles. The second kappa shape index (κ2) is 10.7. The van der Waals surface area contributed by atoms with Crippen molar-refractivity contribution >= 4 is 14.1 Å². The van der Waals surface area contributed by atoms with Gasteiger partial charge in [0.25, 0.3) is 5.56 Å². The number of carbonyl (C=O) groups excluding carboxylic acids is 1. The molecule has 0 amide bonds. The van der Waals surface area contributed by atoms with Gasteiger partial charge in [0, 0.05) is 18.2 Å². The van der Waals surface area contributed by atoms with Crippen LogP contribution in [-0.2, 0) is 23.4 Å². The van der Waals surface area contributed by atoms with E-state index in [0.717, 1.165) is 4.57 Å². The van der Waals surface area contributed by atoms with E-state index in [-0.39, 0.29) is 18.8 Å². The Morgan fingerprint density at radius 1 is 1.55 bits per heavy atom. The minimum Gasteiger partial charge on any atom is -0.615 e. The zero-order valence-electron chi connectivity index (χ0n) is 17.8. The van der Waals surface area contributed by atoms with Crippen LogP contribution in [0, 0.1) is 12.8 Å². The summed E-state index contributed by atoms with van der Waals surface area (Å²) in [4.78, 5) is 50.5. The smallest absolute Gasteiger partial charge is 0.594 e. The number of H-pyrrole nitrogens is 1. The van der Waals surface area contributed by atoms with Crippen molar-refractivity contribution in [2.45, 2.75) is 58.1 Å². The SMILES string of the molecule is C[O+]C(=O)C(CC(C)C)N[P+]([O-])(ON)OC[C@H]1O[C@@H](n2cc(C)c(=O)[nH]c2=O)C[C@@H]1O. The van der Waals surface area contributed by atoms with Crippen LogP contribution in [0.2, 0.25) is 0 Å². The minimum atomic E-state index is -4.15. The van der Waals surface area contributed by atoms with Crippen LogP contribution in [0.1, 0.15) is 38.5 Å². The van der Waals surface area contributed by atoms with Gasteiger partial charge in [-0.25, -0.2) is 4.79 Å². The molecule has 5 N–H and O–H groups in total. The molecule has 1 aliphatic rings.